The number of anilines is 2. The van der Waals surface area contributed by atoms with Crippen LogP contribution >= 0.6 is 12.4 Å². The number of hydrogen-bond donors (Lipinski definition) is 3. The normalized spacial score (nSPS) is 9.81. The van der Waals surface area contributed by atoms with E-state index >= 15 is 0 Å². The van der Waals surface area contributed by atoms with Crippen molar-refractivity contribution in [1.82, 2.24) is 5.32 Å². The fourth-order valence-electron chi connectivity index (χ4n) is 2.11. The first-order valence-electron chi connectivity index (χ1n) is 8.24. The molecular weight excluding hydrogens is 370 g/mol. The van der Waals surface area contributed by atoms with Gasteiger partial charge in [0.2, 0.25) is 5.91 Å². The number of halogens is 1. The number of hydrogen-bond acceptors (Lipinski definition) is 5. The molecule has 0 radical (unpaired) electrons. The van der Waals surface area contributed by atoms with E-state index < -0.39 is 0 Å². The lowest BCUT2D eigenvalue weighted by atomic mass is 10.3. The summed E-state index contributed by atoms with van der Waals surface area (Å²) < 4.78 is 10.4. The summed E-state index contributed by atoms with van der Waals surface area (Å²) in [6.07, 6.45) is 0. The van der Waals surface area contributed by atoms with Crippen LogP contribution < -0.4 is 20.7 Å². The molecular formula is C19H24ClN3O4. The summed E-state index contributed by atoms with van der Waals surface area (Å²) in [5.74, 6) is 0.0754. The third kappa shape index (κ3) is 9.05. The molecule has 0 aliphatic carbocycles. The summed E-state index contributed by atoms with van der Waals surface area (Å²) in [5.41, 5.74) is 1.31. The zero-order valence-electron chi connectivity index (χ0n) is 15.1. The highest BCUT2D eigenvalue weighted by atomic mass is 35.5. The lowest BCUT2D eigenvalue weighted by Gasteiger charge is -2.10. The van der Waals surface area contributed by atoms with E-state index in [1.165, 1.54) is 0 Å². The number of benzene rings is 2. The van der Waals surface area contributed by atoms with Gasteiger partial charge in [0.25, 0.3) is 5.91 Å². The van der Waals surface area contributed by atoms with Crippen molar-refractivity contribution in [1.29, 1.82) is 0 Å². The van der Waals surface area contributed by atoms with Crippen LogP contribution in [0.5, 0.6) is 5.75 Å². The monoisotopic (exact) mass is 393 g/mol. The predicted molar refractivity (Wildman–Crippen MR) is 108 cm³/mol. The van der Waals surface area contributed by atoms with E-state index in [2.05, 4.69) is 16.0 Å². The standard InChI is InChI=1S/C19H23N3O4.ClH/c1-25-11-10-20-13-18(23)22-16-8-5-9-17(12-16)26-14-19(24)21-15-6-3-2-4-7-15;/h2-9,12,20H,10-11,13-14H2,1H3,(H,21,24)(H,22,23);1H. The Morgan fingerprint density at radius 3 is 2.37 bits per heavy atom. The fourth-order valence-corrected chi connectivity index (χ4v) is 2.11. The highest BCUT2D eigenvalue weighted by molar-refractivity contribution is 5.93. The van der Waals surface area contributed by atoms with Crippen LogP contribution in [0.3, 0.4) is 0 Å². The molecule has 0 aliphatic rings. The van der Waals surface area contributed by atoms with Gasteiger partial charge in [0.15, 0.2) is 6.61 Å². The van der Waals surface area contributed by atoms with Crippen LogP contribution in [0.4, 0.5) is 11.4 Å². The van der Waals surface area contributed by atoms with Gasteiger partial charge in [0.1, 0.15) is 5.75 Å². The van der Waals surface area contributed by atoms with Crippen molar-refractivity contribution in [2.24, 2.45) is 0 Å². The van der Waals surface area contributed by atoms with Crippen LogP contribution in [0, 0.1) is 0 Å². The lowest BCUT2D eigenvalue weighted by Crippen LogP contribution is -2.30. The summed E-state index contributed by atoms with van der Waals surface area (Å²) in [6, 6.07) is 16.1. The second-order valence-corrected chi connectivity index (χ2v) is 5.45. The molecule has 27 heavy (non-hydrogen) atoms. The number of ether oxygens (including phenoxy) is 2. The molecule has 2 rings (SSSR count). The number of amides is 2. The Labute approximate surface area is 164 Å². The van der Waals surface area contributed by atoms with E-state index in [4.69, 9.17) is 9.47 Å². The highest BCUT2D eigenvalue weighted by Gasteiger charge is 2.06. The molecule has 3 N–H and O–H groups in total. The summed E-state index contributed by atoms with van der Waals surface area (Å²) in [7, 11) is 1.60. The lowest BCUT2D eigenvalue weighted by molar-refractivity contribution is -0.118. The number of carbonyl (C=O) groups is 2. The minimum atomic E-state index is -0.256. The molecule has 0 bridgehead atoms. The Hall–Kier alpha value is -2.61. The van der Waals surface area contributed by atoms with Crippen molar-refractivity contribution < 1.29 is 19.1 Å². The van der Waals surface area contributed by atoms with E-state index in [1.807, 2.05) is 18.2 Å². The Kier molecular flexibility index (Phi) is 10.5. The third-order valence-corrected chi connectivity index (χ3v) is 3.31. The van der Waals surface area contributed by atoms with Gasteiger partial charge in [0.05, 0.1) is 13.2 Å². The van der Waals surface area contributed by atoms with Gasteiger partial charge < -0.3 is 25.4 Å². The number of rotatable bonds is 10. The second-order valence-electron chi connectivity index (χ2n) is 5.45. The maximum absolute atomic E-state index is 11.9. The average molecular weight is 394 g/mol. The Morgan fingerprint density at radius 2 is 1.63 bits per heavy atom. The van der Waals surface area contributed by atoms with Gasteiger partial charge >= 0.3 is 0 Å². The number of para-hydroxylation sites is 1. The number of nitrogens with one attached hydrogen (secondary N) is 3. The zero-order chi connectivity index (χ0) is 18.6. The topological polar surface area (TPSA) is 88.7 Å². The molecule has 2 aromatic carbocycles. The van der Waals surface area contributed by atoms with Gasteiger partial charge in [-0.15, -0.1) is 12.4 Å². The van der Waals surface area contributed by atoms with Crippen molar-refractivity contribution in [3.63, 3.8) is 0 Å². The summed E-state index contributed by atoms with van der Waals surface area (Å²) in [4.78, 5) is 23.7. The SMILES string of the molecule is COCCNCC(=O)Nc1cccc(OCC(=O)Nc2ccccc2)c1.Cl. The molecule has 0 aliphatic heterocycles. The van der Waals surface area contributed by atoms with Crippen LogP contribution in [0.1, 0.15) is 0 Å². The second kappa shape index (κ2) is 12.7. The maximum Gasteiger partial charge on any atom is 0.262 e. The molecule has 0 unspecified atom stereocenters. The molecule has 146 valence electrons. The van der Waals surface area contributed by atoms with Gasteiger partial charge in [-0.1, -0.05) is 24.3 Å². The Balaban J connectivity index is 0.00000364. The quantitative estimate of drug-likeness (QED) is 0.539. The van der Waals surface area contributed by atoms with Crippen LogP contribution in [-0.2, 0) is 14.3 Å². The molecule has 0 saturated carbocycles. The minimum Gasteiger partial charge on any atom is -0.484 e. The molecule has 2 amide bonds. The van der Waals surface area contributed by atoms with Gasteiger partial charge in [-0.05, 0) is 24.3 Å². The van der Waals surface area contributed by atoms with Crippen molar-refractivity contribution in [3.05, 3.63) is 54.6 Å². The number of methoxy groups -OCH3 is 1. The molecule has 7 nitrogen and oxygen atoms in total. The summed E-state index contributed by atoms with van der Waals surface area (Å²) >= 11 is 0. The zero-order valence-corrected chi connectivity index (χ0v) is 15.9. The van der Waals surface area contributed by atoms with E-state index in [-0.39, 0.29) is 37.4 Å². The first-order chi connectivity index (χ1) is 12.7. The molecule has 0 fully saturated rings. The van der Waals surface area contributed by atoms with Crippen molar-refractivity contribution >= 4 is 35.6 Å². The third-order valence-electron chi connectivity index (χ3n) is 3.31. The van der Waals surface area contributed by atoms with E-state index in [0.717, 1.165) is 0 Å². The Bertz CT molecular complexity index is 713. The van der Waals surface area contributed by atoms with E-state index in [9.17, 15) is 9.59 Å². The van der Waals surface area contributed by atoms with Crippen molar-refractivity contribution in [2.45, 2.75) is 0 Å². The molecule has 2 aromatic rings. The maximum atomic E-state index is 11.9. The molecule has 0 saturated heterocycles. The Morgan fingerprint density at radius 1 is 0.926 bits per heavy atom. The highest BCUT2D eigenvalue weighted by Crippen LogP contribution is 2.17. The smallest absolute Gasteiger partial charge is 0.262 e. The van der Waals surface area contributed by atoms with Crippen LogP contribution in [0.15, 0.2) is 54.6 Å². The van der Waals surface area contributed by atoms with Crippen LogP contribution in [0.25, 0.3) is 0 Å². The largest absolute Gasteiger partial charge is 0.484 e. The fraction of sp³-hybridized carbons (Fsp3) is 0.263. The van der Waals surface area contributed by atoms with Crippen molar-refractivity contribution in [3.8, 4) is 5.75 Å². The molecule has 0 heterocycles. The van der Waals surface area contributed by atoms with E-state index in [1.54, 1.807) is 43.5 Å². The first kappa shape index (κ1) is 22.4. The summed E-state index contributed by atoms with van der Waals surface area (Å²) in [5, 5.41) is 8.47. The van der Waals surface area contributed by atoms with Gasteiger partial charge in [-0.3, -0.25) is 9.59 Å². The predicted octanol–water partition coefficient (Wildman–Crippen LogP) is 2.30. The van der Waals surface area contributed by atoms with Gasteiger partial charge in [0, 0.05) is 31.1 Å². The van der Waals surface area contributed by atoms with Crippen LogP contribution in [0.2, 0.25) is 0 Å². The van der Waals surface area contributed by atoms with Crippen LogP contribution in [-0.4, -0.2) is 45.2 Å². The summed E-state index contributed by atoms with van der Waals surface area (Å²) in [6.45, 7) is 1.21. The van der Waals surface area contributed by atoms with Gasteiger partial charge in [-0.2, -0.15) is 0 Å². The minimum absolute atomic E-state index is 0. The molecule has 8 heteroatoms. The van der Waals surface area contributed by atoms with E-state index in [0.29, 0.717) is 30.3 Å². The molecule has 0 atom stereocenters. The molecule has 0 aromatic heterocycles. The van der Waals surface area contributed by atoms with Gasteiger partial charge in [-0.25, -0.2) is 0 Å². The number of carbonyl (C=O) groups excluding carboxylic acids is 2. The molecule has 0 spiro atoms. The first-order valence-corrected chi connectivity index (χ1v) is 8.24. The average Bonchev–Trinajstić information content (AvgIpc) is 2.65. The van der Waals surface area contributed by atoms with Crippen molar-refractivity contribution in [2.75, 3.05) is 44.0 Å².